The molecule has 1 aromatic rings. The second-order valence-corrected chi connectivity index (χ2v) is 4.35. The Balaban J connectivity index is 2.58. The summed E-state index contributed by atoms with van der Waals surface area (Å²) in [5.74, 6) is -1.29. The van der Waals surface area contributed by atoms with Gasteiger partial charge in [0.05, 0.1) is 17.3 Å². The van der Waals surface area contributed by atoms with Gasteiger partial charge >= 0.3 is 6.03 Å². The summed E-state index contributed by atoms with van der Waals surface area (Å²) >= 11 is 11.4. The lowest BCUT2D eigenvalue weighted by atomic mass is 10.3. The first-order valence-electron chi connectivity index (χ1n) is 5.40. The molecule has 0 unspecified atom stereocenters. The van der Waals surface area contributed by atoms with E-state index in [2.05, 4.69) is 16.0 Å². The van der Waals surface area contributed by atoms with Crippen LogP contribution in [-0.4, -0.2) is 25.0 Å². The largest absolute Gasteiger partial charge is 0.373 e. The first-order chi connectivity index (χ1) is 8.93. The SMILES string of the molecule is CCNC(=O)NC(=O)CNc1c(F)cc(Cl)cc1Cl. The van der Waals surface area contributed by atoms with Crippen molar-refractivity contribution in [3.63, 3.8) is 0 Å². The van der Waals surface area contributed by atoms with Gasteiger partial charge in [-0.25, -0.2) is 9.18 Å². The summed E-state index contributed by atoms with van der Waals surface area (Å²) in [6, 6.07) is 1.80. The molecule has 0 heterocycles. The molecule has 1 rings (SSSR count). The van der Waals surface area contributed by atoms with Gasteiger partial charge in [0.15, 0.2) is 0 Å². The second-order valence-electron chi connectivity index (χ2n) is 3.51. The third kappa shape index (κ3) is 4.92. The number of carbonyl (C=O) groups excluding carboxylic acids is 2. The molecular formula is C11H12Cl2FN3O2. The van der Waals surface area contributed by atoms with Crippen molar-refractivity contribution in [2.45, 2.75) is 6.92 Å². The number of hydrogen-bond donors (Lipinski definition) is 3. The zero-order valence-electron chi connectivity index (χ0n) is 10.0. The highest BCUT2D eigenvalue weighted by atomic mass is 35.5. The predicted molar refractivity (Wildman–Crippen MR) is 72.1 cm³/mol. The summed E-state index contributed by atoms with van der Waals surface area (Å²) < 4.78 is 13.5. The van der Waals surface area contributed by atoms with Gasteiger partial charge in [0.2, 0.25) is 5.91 Å². The van der Waals surface area contributed by atoms with Gasteiger partial charge in [-0.05, 0) is 19.1 Å². The Bertz CT molecular complexity index is 474. The number of amides is 3. The third-order valence-electron chi connectivity index (χ3n) is 2.02. The maximum atomic E-state index is 13.5. The first-order valence-corrected chi connectivity index (χ1v) is 6.15. The Hall–Kier alpha value is -1.53. The van der Waals surface area contributed by atoms with Gasteiger partial charge in [0.1, 0.15) is 5.82 Å². The Morgan fingerprint density at radius 2 is 2.00 bits per heavy atom. The van der Waals surface area contributed by atoms with Crippen LogP contribution < -0.4 is 16.0 Å². The third-order valence-corrected chi connectivity index (χ3v) is 2.54. The monoisotopic (exact) mass is 307 g/mol. The molecule has 0 bridgehead atoms. The number of carbonyl (C=O) groups is 2. The highest BCUT2D eigenvalue weighted by molar-refractivity contribution is 6.36. The topological polar surface area (TPSA) is 70.2 Å². The number of hydrogen-bond acceptors (Lipinski definition) is 3. The van der Waals surface area contributed by atoms with Gasteiger partial charge in [-0.15, -0.1) is 0 Å². The van der Waals surface area contributed by atoms with E-state index >= 15 is 0 Å². The summed E-state index contributed by atoms with van der Waals surface area (Å²) in [7, 11) is 0. The van der Waals surface area contributed by atoms with E-state index in [1.54, 1.807) is 6.92 Å². The molecule has 104 valence electrons. The first kappa shape index (κ1) is 15.5. The average molecular weight is 308 g/mol. The highest BCUT2D eigenvalue weighted by Gasteiger charge is 2.11. The summed E-state index contributed by atoms with van der Waals surface area (Å²) in [5.41, 5.74) is -0.0443. The van der Waals surface area contributed by atoms with Gasteiger partial charge in [0, 0.05) is 11.6 Å². The van der Waals surface area contributed by atoms with E-state index in [0.717, 1.165) is 6.07 Å². The fourth-order valence-corrected chi connectivity index (χ4v) is 1.79. The maximum Gasteiger partial charge on any atom is 0.321 e. The molecule has 0 spiro atoms. The summed E-state index contributed by atoms with van der Waals surface area (Å²) in [6.07, 6.45) is 0. The van der Waals surface area contributed by atoms with Crippen LogP contribution in [0, 0.1) is 5.82 Å². The van der Waals surface area contributed by atoms with Gasteiger partial charge in [-0.2, -0.15) is 0 Å². The fraction of sp³-hybridized carbons (Fsp3) is 0.273. The minimum Gasteiger partial charge on any atom is -0.373 e. The predicted octanol–water partition coefficient (Wildman–Crippen LogP) is 2.39. The van der Waals surface area contributed by atoms with Gasteiger partial charge in [-0.3, -0.25) is 10.1 Å². The molecule has 0 aliphatic heterocycles. The zero-order chi connectivity index (χ0) is 14.4. The highest BCUT2D eigenvalue weighted by Crippen LogP contribution is 2.28. The zero-order valence-corrected chi connectivity index (χ0v) is 11.5. The van der Waals surface area contributed by atoms with Crippen LogP contribution in [0.15, 0.2) is 12.1 Å². The van der Waals surface area contributed by atoms with Gasteiger partial charge in [-0.1, -0.05) is 23.2 Å². The van der Waals surface area contributed by atoms with E-state index < -0.39 is 17.8 Å². The number of nitrogens with one attached hydrogen (secondary N) is 3. The van der Waals surface area contributed by atoms with Crippen molar-refractivity contribution in [2.24, 2.45) is 0 Å². The number of halogens is 3. The minimum atomic E-state index is -0.677. The van der Waals surface area contributed by atoms with Crippen LogP contribution in [0.2, 0.25) is 10.0 Å². The summed E-state index contributed by atoms with van der Waals surface area (Å²) in [5, 5.41) is 7.15. The van der Waals surface area contributed by atoms with Crippen molar-refractivity contribution in [2.75, 3.05) is 18.4 Å². The Morgan fingerprint density at radius 3 is 2.58 bits per heavy atom. The lowest BCUT2D eigenvalue weighted by Gasteiger charge is -2.10. The van der Waals surface area contributed by atoms with Crippen molar-refractivity contribution in [3.05, 3.63) is 28.0 Å². The smallest absolute Gasteiger partial charge is 0.321 e. The van der Waals surface area contributed by atoms with Crippen LogP contribution in [0.1, 0.15) is 6.92 Å². The average Bonchev–Trinajstić information content (AvgIpc) is 2.27. The van der Waals surface area contributed by atoms with Crippen LogP contribution >= 0.6 is 23.2 Å². The molecule has 0 aliphatic rings. The van der Waals surface area contributed by atoms with Crippen LogP contribution in [0.25, 0.3) is 0 Å². The van der Waals surface area contributed by atoms with E-state index in [9.17, 15) is 14.0 Å². The molecule has 8 heteroatoms. The molecular weight excluding hydrogens is 296 g/mol. The molecule has 0 aromatic heterocycles. The molecule has 0 aliphatic carbocycles. The normalized spacial score (nSPS) is 9.89. The molecule has 0 atom stereocenters. The fourth-order valence-electron chi connectivity index (χ4n) is 1.26. The van der Waals surface area contributed by atoms with E-state index in [0.29, 0.717) is 6.54 Å². The van der Waals surface area contributed by atoms with Gasteiger partial charge in [0.25, 0.3) is 0 Å². The standard InChI is InChI=1S/C11H12Cl2FN3O2/c1-2-15-11(19)17-9(18)5-16-10-7(13)3-6(12)4-8(10)14/h3-4,16H,2,5H2,1H3,(H2,15,17,18,19). The Labute approximate surface area is 119 Å². The van der Waals surface area contributed by atoms with Crippen molar-refractivity contribution in [3.8, 4) is 0 Å². The molecule has 0 radical (unpaired) electrons. The summed E-state index contributed by atoms with van der Waals surface area (Å²) in [6.45, 7) is 1.81. The molecule has 19 heavy (non-hydrogen) atoms. The van der Waals surface area contributed by atoms with Crippen LogP contribution in [0.3, 0.4) is 0 Å². The van der Waals surface area contributed by atoms with Crippen LogP contribution in [0.5, 0.6) is 0 Å². The molecule has 0 saturated heterocycles. The van der Waals surface area contributed by atoms with Crippen LogP contribution in [0.4, 0.5) is 14.9 Å². The van der Waals surface area contributed by atoms with Crippen molar-refractivity contribution >= 4 is 40.8 Å². The van der Waals surface area contributed by atoms with E-state index in [4.69, 9.17) is 23.2 Å². The van der Waals surface area contributed by atoms with Crippen molar-refractivity contribution < 1.29 is 14.0 Å². The maximum absolute atomic E-state index is 13.5. The number of imide groups is 1. The van der Waals surface area contributed by atoms with Gasteiger partial charge < -0.3 is 10.6 Å². The number of urea groups is 1. The van der Waals surface area contributed by atoms with Crippen LogP contribution in [-0.2, 0) is 4.79 Å². The molecule has 0 saturated carbocycles. The number of rotatable bonds is 4. The lowest BCUT2D eigenvalue weighted by Crippen LogP contribution is -2.41. The van der Waals surface area contributed by atoms with E-state index in [-0.39, 0.29) is 22.3 Å². The summed E-state index contributed by atoms with van der Waals surface area (Å²) in [4.78, 5) is 22.4. The molecule has 5 nitrogen and oxygen atoms in total. The van der Waals surface area contributed by atoms with E-state index in [1.165, 1.54) is 6.07 Å². The van der Waals surface area contributed by atoms with Crippen molar-refractivity contribution in [1.29, 1.82) is 0 Å². The Morgan fingerprint density at radius 1 is 1.32 bits per heavy atom. The Kier molecular flexibility index (Phi) is 5.85. The quantitative estimate of drug-likeness (QED) is 0.800. The lowest BCUT2D eigenvalue weighted by molar-refractivity contribution is -0.118. The van der Waals surface area contributed by atoms with Crippen molar-refractivity contribution in [1.82, 2.24) is 10.6 Å². The van der Waals surface area contributed by atoms with E-state index in [1.807, 2.05) is 0 Å². The number of anilines is 1. The molecule has 0 fully saturated rings. The molecule has 3 amide bonds. The molecule has 3 N–H and O–H groups in total. The number of benzene rings is 1. The second kappa shape index (κ2) is 7.16. The molecule has 1 aromatic carbocycles. The minimum absolute atomic E-state index is 0.0443.